The Morgan fingerprint density at radius 1 is 1.06 bits per heavy atom. The van der Waals surface area contributed by atoms with Gasteiger partial charge in [-0.1, -0.05) is 43.3 Å². The maximum Gasteiger partial charge on any atom is 0.243 e. The number of benzene rings is 2. The molecule has 17 heavy (non-hydrogen) atoms. The molecular formula is C13H15NO2S. The number of nitrogens with zero attached hydrogens (tertiary/aromatic N) is 1. The highest BCUT2D eigenvalue weighted by molar-refractivity contribution is 7.89. The fraction of sp³-hybridized carbons (Fsp3) is 0.231. The van der Waals surface area contributed by atoms with Gasteiger partial charge in [0.2, 0.25) is 10.0 Å². The van der Waals surface area contributed by atoms with Crippen LogP contribution in [0.4, 0.5) is 0 Å². The van der Waals surface area contributed by atoms with Crippen LogP contribution in [0.5, 0.6) is 0 Å². The normalized spacial score (nSPS) is 12.2. The first-order valence-electron chi connectivity index (χ1n) is 5.51. The number of sulfonamides is 1. The van der Waals surface area contributed by atoms with E-state index in [2.05, 4.69) is 0 Å². The van der Waals surface area contributed by atoms with Crippen LogP contribution < -0.4 is 0 Å². The van der Waals surface area contributed by atoms with Crippen molar-refractivity contribution in [3.63, 3.8) is 0 Å². The first-order chi connectivity index (χ1) is 8.07. The highest BCUT2D eigenvalue weighted by Crippen LogP contribution is 2.24. The minimum absolute atomic E-state index is 0.375. The van der Waals surface area contributed by atoms with E-state index < -0.39 is 10.0 Å². The van der Waals surface area contributed by atoms with Crippen molar-refractivity contribution in [3.05, 3.63) is 42.5 Å². The summed E-state index contributed by atoms with van der Waals surface area (Å²) >= 11 is 0. The summed E-state index contributed by atoms with van der Waals surface area (Å²) in [5.74, 6) is 0. The second kappa shape index (κ2) is 4.47. The van der Waals surface area contributed by atoms with E-state index in [0.717, 1.165) is 10.8 Å². The molecule has 0 saturated carbocycles. The van der Waals surface area contributed by atoms with E-state index in [9.17, 15) is 8.42 Å². The van der Waals surface area contributed by atoms with Crippen molar-refractivity contribution in [2.45, 2.75) is 11.8 Å². The summed E-state index contributed by atoms with van der Waals surface area (Å²) in [6.45, 7) is 2.29. The Hall–Kier alpha value is -1.39. The second-order valence-electron chi connectivity index (χ2n) is 3.90. The second-order valence-corrected chi connectivity index (χ2v) is 5.91. The van der Waals surface area contributed by atoms with E-state index in [1.165, 1.54) is 4.31 Å². The summed E-state index contributed by atoms with van der Waals surface area (Å²) in [7, 11) is -1.79. The minimum Gasteiger partial charge on any atom is -0.207 e. The standard InChI is InChI=1S/C13H15NO2S/c1-3-14(2)17(15,16)13-10-6-8-11-7-4-5-9-12(11)13/h4-10H,3H2,1-2H3. The lowest BCUT2D eigenvalue weighted by atomic mass is 10.1. The Bertz CT molecular complexity index is 629. The van der Waals surface area contributed by atoms with E-state index in [-0.39, 0.29) is 0 Å². The summed E-state index contributed by atoms with van der Waals surface area (Å²) in [5.41, 5.74) is 0. The van der Waals surface area contributed by atoms with Crippen molar-refractivity contribution in [2.24, 2.45) is 0 Å². The summed E-state index contributed by atoms with van der Waals surface area (Å²) < 4.78 is 26.0. The van der Waals surface area contributed by atoms with Crippen LogP contribution in [0.1, 0.15) is 6.92 Å². The van der Waals surface area contributed by atoms with Crippen molar-refractivity contribution in [1.82, 2.24) is 4.31 Å². The third-order valence-electron chi connectivity index (χ3n) is 2.88. The largest absolute Gasteiger partial charge is 0.243 e. The molecule has 2 rings (SSSR count). The molecule has 2 aromatic rings. The molecule has 90 valence electrons. The fourth-order valence-corrected chi connectivity index (χ4v) is 3.15. The molecule has 0 saturated heterocycles. The average Bonchev–Trinajstić information content (AvgIpc) is 2.37. The zero-order valence-corrected chi connectivity index (χ0v) is 10.7. The molecule has 0 aliphatic rings. The van der Waals surface area contributed by atoms with Crippen LogP contribution in [0.15, 0.2) is 47.4 Å². The Kier molecular flexibility index (Phi) is 3.17. The molecule has 0 radical (unpaired) electrons. The highest BCUT2D eigenvalue weighted by atomic mass is 32.2. The van der Waals surface area contributed by atoms with Gasteiger partial charge in [-0.2, -0.15) is 0 Å². The predicted molar refractivity (Wildman–Crippen MR) is 69.4 cm³/mol. The van der Waals surface area contributed by atoms with Crippen LogP contribution in [0.2, 0.25) is 0 Å². The van der Waals surface area contributed by atoms with E-state index in [1.807, 2.05) is 37.3 Å². The zero-order valence-electron chi connectivity index (χ0n) is 9.92. The van der Waals surface area contributed by atoms with Crippen LogP contribution >= 0.6 is 0 Å². The molecular weight excluding hydrogens is 234 g/mol. The van der Waals surface area contributed by atoms with E-state index in [4.69, 9.17) is 0 Å². The molecule has 4 heteroatoms. The molecule has 3 nitrogen and oxygen atoms in total. The van der Waals surface area contributed by atoms with Crippen molar-refractivity contribution >= 4 is 20.8 Å². The van der Waals surface area contributed by atoms with Crippen LogP contribution in [0.25, 0.3) is 10.8 Å². The number of hydrogen-bond donors (Lipinski definition) is 0. The highest BCUT2D eigenvalue weighted by Gasteiger charge is 2.21. The third kappa shape index (κ3) is 2.06. The first-order valence-corrected chi connectivity index (χ1v) is 6.95. The van der Waals surface area contributed by atoms with Crippen LogP contribution in [0.3, 0.4) is 0 Å². The molecule has 0 aliphatic heterocycles. The molecule has 0 amide bonds. The summed E-state index contributed by atoms with van der Waals surface area (Å²) in [4.78, 5) is 0.375. The molecule has 0 N–H and O–H groups in total. The Morgan fingerprint density at radius 3 is 2.41 bits per heavy atom. The Morgan fingerprint density at radius 2 is 1.71 bits per heavy atom. The van der Waals surface area contributed by atoms with Gasteiger partial charge in [0.05, 0.1) is 4.90 Å². The zero-order chi connectivity index (χ0) is 12.5. The molecule has 0 aliphatic carbocycles. The molecule has 0 bridgehead atoms. The van der Waals surface area contributed by atoms with Gasteiger partial charge in [0.15, 0.2) is 0 Å². The lowest BCUT2D eigenvalue weighted by Gasteiger charge is -2.16. The lowest BCUT2D eigenvalue weighted by molar-refractivity contribution is 0.487. The van der Waals surface area contributed by atoms with Gasteiger partial charge >= 0.3 is 0 Å². The van der Waals surface area contributed by atoms with Crippen molar-refractivity contribution in [3.8, 4) is 0 Å². The van der Waals surface area contributed by atoms with Crippen molar-refractivity contribution in [2.75, 3.05) is 13.6 Å². The maximum atomic E-state index is 12.3. The van der Waals surface area contributed by atoms with E-state index >= 15 is 0 Å². The van der Waals surface area contributed by atoms with Crippen LogP contribution in [-0.2, 0) is 10.0 Å². The van der Waals surface area contributed by atoms with Gasteiger partial charge in [0.25, 0.3) is 0 Å². The van der Waals surface area contributed by atoms with Gasteiger partial charge in [-0.25, -0.2) is 12.7 Å². The van der Waals surface area contributed by atoms with Gasteiger partial charge < -0.3 is 0 Å². The van der Waals surface area contributed by atoms with Crippen molar-refractivity contribution in [1.29, 1.82) is 0 Å². The lowest BCUT2D eigenvalue weighted by Crippen LogP contribution is -2.26. The van der Waals surface area contributed by atoms with Gasteiger partial charge in [0.1, 0.15) is 0 Å². The van der Waals surface area contributed by atoms with Crippen molar-refractivity contribution < 1.29 is 8.42 Å². The number of hydrogen-bond acceptors (Lipinski definition) is 2. The van der Waals surface area contributed by atoms with E-state index in [1.54, 1.807) is 19.2 Å². The van der Waals surface area contributed by atoms with Crippen LogP contribution in [0, 0.1) is 0 Å². The monoisotopic (exact) mass is 249 g/mol. The van der Waals surface area contributed by atoms with Gasteiger partial charge in [-0.15, -0.1) is 0 Å². The summed E-state index contributed by atoms with van der Waals surface area (Å²) in [5, 5.41) is 1.72. The molecule has 0 spiro atoms. The number of fused-ring (bicyclic) bond motifs is 1. The smallest absolute Gasteiger partial charge is 0.207 e. The Labute approximate surface area is 102 Å². The maximum absolute atomic E-state index is 12.3. The molecule has 0 unspecified atom stereocenters. The summed E-state index contributed by atoms with van der Waals surface area (Å²) in [6, 6.07) is 12.9. The van der Waals surface area contributed by atoms with Gasteiger partial charge in [-0.05, 0) is 11.5 Å². The molecule has 0 fully saturated rings. The van der Waals surface area contributed by atoms with E-state index in [0.29, 0.717) is 11.4 Å². The third-order valence-corrected chi connectivity index (χ3v) is 4.87. The minimum atomic E-state index is -3.38. The molecule has 0 atom stereocenters. The molecule has 2 aromatic carbocycles. The van der Waals surface area contributed by atoms with Gasteiger partial charge in [-0.3, -0.25) is 0 Å². The average molecular weight is 249 g/mol. The topological polar surface area (TPSA) is 37.4 Å². The fourth-order valence-electron chi connectivity index (χ4n) is 1.76. The predicted octanol–water partition coefficient (Wildman–Crippen LogP) is 2.48. The van der Waals surface area contributed by atoms with Gasteiger partial charge in [0, 0.05) is 19.0 Å². The SMILES string of the molecule is CCN(C)S(=O)(=O)c1cccc2ccccc12. The summed E-state index contributed by atoms with van der Waals surface area (Å²) in [6.07, 6.45) is 0. The first kappa shape index (κ1) is 12.1. The molecule has 0 heterocycles. The van der Waals surface area contributed by atoms with Crippen LogP contribution in [-0.4, -0.2) is 26.3 Å². The number of rotatable bonds is 3. The molecule has 0 aromatic heterocycles. The Balaban J connectivity index is 2.72. The quantitative estimate of drug-likeness (QED) is 0.838.